The van der Waals surface area contributed by atoms with E-state index in [2.05, 4.69) is 26.2 Å². The molecule has 4 heteroatoms. The van der Waals surface area contributed by atoms with Crippen LogP contribution in [-0.2, 0) is 6.54 Å². The van der Waals surface area contributed by atoms with E-state index in [-0.39, 0.29) is 5.82 Å². The summed E-state index contributed by atoms with van der Waals surface area (Å²) in [4.78, 5) is 4.02. The molecule has 0 saturated heterocycles. The second kappa shape index (κ2) is 5.27. The van der Waals surface area contributed by atoms with Gasteiger partial charge in [-0.1, -0.05) is 15.9 Å². The summed E-state index contributed by atoms with van der Waals surface area (Å²) in [5.74, 6) is -0.226. The first kappa shape index (κ1) is 12.0. The molecule has 0 fully saturated rings. The van der Waals surface area contributed by atoms with E-state index in [1.165, 1.54) is 12.1 Å². The highest BCUT2D eigenvalue weighted by molar-refractivity contribution is 9.10. The molecule has 0 unspecified atom stereocenters. The molecule has 1 N–H and O–H groups in total. The molecule has 2 nitrogen and oxygen atoms in total. The molecule has 2 rings (SSSR count). The van der Waals surface area contributed by atoms with Crippen molar-refractivity contribution in [2.45, 2.75) is 13.5 Å². The average molecular weight is 295 g/mol. The molecule has 1 heterocycles. The molecule has 0 amide bonds. The lowest BCUT2D eigenvalue weighted by molar-refractivity contribution is 0.625. The van der Waals surface area contributed by atoms with Crippen LogP contribution in [0.2, 0.25) is 0 Å². The fourth-order valence-electron chi connectivity index (χ4n) is 1.54. The quantitative estimate of drug-likeness (QED) is 0.928. The minimum atomic E-state index is -0.226. The molecule has 0 aliphatic rings. The summed E-state index contributed by atoms with van der Waals surface area (Å²) in [5.41, 5.74) is 2.97. The van der Waals surface area contributed by atoms with E-state index in [4.69, 9.17) is 0 Å². The van der Waals surface area contributed by atoms with Crippen LogP contribution in [0.25, 0.3) is 0 Å². The van der Waals surface area contributed by atoms with E-state index in [1.54, 1.807) is 18.5 Å². The average Bonchev–Trinajstić information content (AvgIpc) is 2.32. The molecule has 1 aromatic carbocycles. The summed E-state index contributed by atoms with van der Waals surface area (Å²) in [7, 11) is 0. The monoisotopic (exact) mass is 294 g/mol. The third kappa shape index (κ3) is 3.03. The van der Waals surface area contributed by atoms with Gasteiger partial charge in [0.15, 0.2) is 0 Å². The number of halogens is 2. The van der Waals surface area contributed by atoms with Crippen LogP contribution in [0.1, 0.15) is 11.1 Å². The zero-order chi connectivity index (χ0) is 12.3. The van der Waals surface area contributed by atoms with Crippen molar-refractivity contribution in [3.63, 3.8) is 0 Å². The topological polar surface area (TPSA) is 24.9 Å². The molecule has 2 aromatic rings. The minimum Gasteiger partial charge on any atom is -0.381 e. The second-order valence-electron chi connectivity index (χ2n) is 3.78. The molecule has 88 valence electrons. The number of benzene rings is 1. The van der Waals surface area contributed by atoms with Gasteiger partial charge in [0.05, 0.1) is 0 Å². The Morgan fingerprint density at radius 1 is 1.35 bits per heavy atom. The minimum absolute atomic E-state index is 0.226. The summed E-state index contributed by atoms with van der Waals surface area (Å²) < 4.78 is 14.0. The van der Waals surface area contributed by atoms with Crippen LogP contribution in [-0.4, -0.2) is 4.98 Å². The zero-order valence-corrected chi connectivity index (χ0v) is 11.0. The third-order valence-corrected chi connectivity index (χ3v) is 3.27. The Kier molecular flexibility index (Phi) is 3.74. The molecule has 0 aliphatic carbocycles. The van der Waals surface area contributed by atoms with E-state index < -0.39 is 0 Å². The summed E-state index contributed by atoms with van der Waals surface area (Å²) in [5, 5.41) is 3.26. The molecule has 17 heavy (non-hydrogen) atoms. The highest BCUT2D eigenvalue weighted by Gasteiger charge is 2.02. The van der Waals surface area contributed by atoms with Crippen molar-refractivity contribution in [1.82, 2.24) is 4.98 Å². The van der Waals surface area contributed by atoms with Crippen LogP contribution in [0.15, 0.2) is 41.1 Å². The molecule has 0 saturated carbocycles. The number of aryl methyl sites for hydroxylation is 1. The molecule has 0 spiro atoms. The maximum atomic E-state index is 13.1. The summed E-state index contributed by atoms with van der Waals surface area (Å²) in [6.45, 7) is 2.55. The van der Waals surface area contributed by atoms with Gasteiger partial charge in [0.1, 0.15) is 5.82 Å². The van der Waals surface area contributed by atoms with Crippen molar-refractivity contribution >= 4 is 21.6 Å². The Bertz CT molecular complexity index is 529. The summed E-state index contributed by atoms with van der Waals surface area (Å²) in [6.07, 6.45) is 3.53. The van der Waals surface area contributed by atoms with Crippen LogP contribution in [0.3, 0.4) is 0 Å². The van der Waals surface area contributed by atoms with Crippen molar-refractivity contribution in [3.8, 4) is 0 Å². The Balaban J connectivity index is 2.12. The lowest BCUT2D eigenvalue weighted by Crippen LogP contribution is -2.02. The molecular weight excluding hydrogens is 283 g/mol. The molecule has 0 aliphatic heterocycles. The van der Waals surface area contributed by atoms with Gasteiger partial charge in [0, 0.05) is 29.1 Å². The van der Waals surface area contributed by atoms with Gasteiger partial charge in [0.25, 0.3) is 0 Å². The van der Waals surface area contributed by atoms with E-state index in [1.807, 2.05) is 13.0 Å². The van der Waals surface area contributed by atoms with Gasteiger partial charge in [-0.2, -0.15) is 0 Å². The highest BCUT2D eigenvalue weighted by atomic mass is 79.9. The van der Waals surface area contributed by atoms with Crippen LogP contribution in [0.4, 0.5) is 10.1 Å². The van der Waals surface area contributed by atoms with Crippen molar-refractivity contribution in [3.05, 3.63) is 58.1 Å². The molecular formula is C13H12BrFN2. The predicted molar refractivity (Wildman–Crippen MR) is 70.4 cm³/mol. The third-order valence-electron chi connectivity index (χ3n) is 2.50. The van der Waals surface area contributed by atoms with Gasteiger partial charge >= 0.3 is 0 Å². The maximum Gasteiger partial charge on any atom is 0.123 e. The highest BCUT2D eigenvalue weighted by Crippen LogP contribution is 2.20. The first-order valence-electron chi connectivity index (χ1n) is 5.25. The lowest BCUT2D eigenvalue weighted by atomic mass is 10.2. The van der Waals surface area contributed by atoms with E-state index in [0.29, 0.717) is 6.54 Å². The number of hydrogen-bond acceptors (Lipinski definition) is 2. The Hall–Kier alpha value is -1.42. The number of anilines is 1. The zero-order valence-electron chi connectivity index (χ0n) is 9.37. The van der Waals surface area contributed by atoms with Crippen LogP contribution in [0.5, 0.6) is 0 Å². The van der Waals surface area contributed by atoms with Gasteiger partial charge in [-0.05, 0) is 42.3 Å². The van der Waals surface area contributed by atoms with E-state index in [0.717, 1.165) is 21.3 Å². The smallest absolute Gasteiger partial charge is 0.123 e. The standard InChI is InChI=1S/C13H12BrFN2/c1-9-7-16-5-4-13(9)17-8-10-6-11(15)2-3-12(10)14/h2-7H,8H2,1H3,(H,16,17). The number of nitrogens with one attached hydrogen (secondary N) is 1. The second-order valence-corrected chi connectivity index (χ2v) is 4.63. The van der Waals surface area contributed by atoms with E-state index in [9.17, 15) is 4.39 Å². The van der Waals surface area contributed by atoms with Gasteiger partial charge < -0.3 is 5.32 Å². The van der Waals surface area contributed by atoms with E-state index >= 15 is 0 Å². The van der Waals surface area contributed by atoms with Crippen LogP contribution in [0, 0.1) is 12.7 Å². The number of pyridine rings is 1. The SMILES string of the molecule is Cc1cnccc1NCc1cc(F)ccc1Br. The van der Waals surface area contributed by atoms with Gasteiger partial charge in [-0.15, -0.1) is 0 Å². The summed E-state index contributed by atoms with van der Waals surface area (Å²) in [6, 6.07) is 6.58. The predicted octanol–water partition coefficient (Wildman–Crippen LogP) is 3.90. The first-order valence-corrected chi connectivity index (χ1v) is 6.04. The number of nitrogens with zero attached hydrogens (tertiary/aromatic N) is 1. The molecule has 1 aromatic heterocycles. The Morgan fingerprint density at radius 3 is 2.94 bits per heavy atom. The number of aromatic nitrogens is 1. The first-order chi connectivity index (χ1) is 8.16. The van der Waals surface area contributed by atoms with Gasteiger partial charge in [-0.25, -0.2) is 4.39 Å². The lowest BCUT2D eigenvalue weighted by Gasteiger charge is -2.10. The van der Waals surface area contributed by atoms with Crippen molar-refractivity contribution in [2.75, 3.05) is 5.32 Å². The van der Waals surface area contributed by atoms with Crippen LogP contribution >= 0.6 is 15.9 Å². The van der Waals surface area contributed by atoms with Crippen LogP contribution < -0.4 is 5.32 Å². The van der Waals surface area contributed by atoms with Crippen molar-refractivity contribution in [2.24, 2.45) is 0 Å². The normalized spacial score (nSPS) is 10.3. The van der Waals surface area contributed by atoms with Gasteiger partial charge in [0.2, 0.25) is 0 Å². The van der Waals surface area contributed by atoms with Gasteiger partial charge in [-0.3, -0.25) is 4.98 Å². The Morgan fingerprint density at radius 2 is 2.18 bits per heavy atom. The fourth-order valence-corrected chi connectivity index (χ4v) is 1.93. The molecule has 0 atom stereocenters. The van der Waals surface area contributed by atoms with Crippen molar-refractivity contribution < 1.29 is 4.39 Å². The molecule has 0 bridgehead atoms. The fraction of sp³-hybridized carbons (Fsp3) is 0.154. The Labute approximate surface area is 108 Å². The van der Waals surface area contributed by atoms with Crippen molar-refractivity contribution in [1.29, 1.82) is 0 Å². The number of rotatable bonds is 3. The molecule has 0 radical (unpaired) electrons. The maximum absolute atomic E-state index is 13.1. The summed E-state index contributed by atoms with van der Waals surface area (Å²) >= 11 is 3.40. The largest absolute Gasteiger partial charge is 0.381 e. The number of hydrogen-bond donors (Lipinski definition) is 1.